The third-order valence-electron chi connectivity index (χ3n) is 4.01. The monoisotopic (exact) mass is 354 g/mol. The Morgan fingerprint density at radius 1 is 0.962 bits per heavy atom. The predicted molar refractivity (Wildman–Crippen MR) is 104 cm³/mol. The smallest absolute Gasteiger partial charge is 0.255 e. The molecule has 5 nitrogen and oxygen atoms in total. The summed E-state index contributed by atoms with van der Waals surface area (Å²) < 4.78 is 5.52. The van der Waals surface area contributed by atoms with Gasteiger partial charge in [-0.2, -0.15) is 0 Å². The van der Waals surface area contributed by atoms with E-state index in [-0.39, 0.29) is 11.8 Å². The summed E-state index contributed by atoms with van der Waals surface area (Å²) in [6, 6.07) is 14.0. The summed E-state index contributed by atoms with van der Waals surface area (Å²) in [5, 5.41) is 2.84. The Morgan fingerprint density at radius 3 is 2.27 bits per heavy atom. The third kappa shape index (κ3) is 5.09. The highest BCUT2D eigenvalue weighted by Crippen LogP contribution is 2.16. The Kier molecular flexibility index (Phi) is 7.21. The summed E-state index contributed by atoms with van der Waals surface area (Å²) in [5.74, 6) is 0.484. The van der Waals surface area contributed by atoms with Crippen LogP contribution in [0.15, 0.2) is 48.5 Å². The quantitative estimate of drug-likeness (QED) is 0.772. The molecule has 0 spiro atoms. The van der Waals surface area contributed by atoms with Gasteiger partial charge in [0.05, 0.1) is 6.61 Å². The average molecular weight is 354 g/mol. The lowest BCUT2D eigenvalue weighted by Crippen LogP contribution is -2.30. The fourth-order valence-corrected chi connectivity index (χ4v) is 2.55. The minimum absolute atomic E-state index is 0.0384. The number of benzene rings is 2. The number of ether oxygens (including phenoxy) is 1. The van der Waals surface area contributed by atoms with Crippen LogP contribution in [0.25, 0.3) is 0 Å². The van der Waals surface area contributed by atoms with Crippen LogP contribution >= 0.6 is 0 Å². The largest absolute Gasteiger partial charge is 0.494 e. The summed E-state index contributed by atoms with van der Waals surface area (Å²) in [4.78, 5) is 26.6. The molecule has 0 bridgehead atoms. The van der Waals surface area contributed by atoms with E-state index >= 15 is 0 Å². The van der Waals surface area contributed by atoms with E-state index in [2.05, 4.69) is 5.32 Å². The van der Waals surface area contributed by atoms with Crippen molar-refractivity contribution in [1.82, 2.24) is 4.90 Å². The molecule has 2 aromatic rings. The van der Waals surface area contributed by atoms with E-state index < -0.39 is 0 Å². The van der Waals surface area contributed by atoms with Crippen LogP contribution in [-0.2, 0) is 0 Å². The van der Waals surface area contributed by atoms with E-state index in [9.17, 15) is 9.59 Å². The first-order valence-electron chi connectivity index (χ1n) is 9.02. The number of anilines is 1. The maximum Gasteiger partial charge on any atom is 0.255 e. The highest BCUT2D eigenvalue weighted by atomic mass is 16.5. The standard InChI is InChI=1S/C21H26N2O3/c1-4-14-26-19-12-10-16(11-13-19)20(24)22-18-9-7-8-17(15-18)21(25)23(5-2)6-3/h7-13,15H,4-6,14H2,1-3H3,(H,22,24). The SMILES string of the molecule is CCCOc1ccc(C(=O)Nc2cccc(C(=O)N(CC)CC)c2)cc1. The van der Waals surface area contributed by atoms with Crippen LogP contribution in [0.5, 0.6) is 5.75 Å². The van der Waals surface area contributed by atoms with Gasteiger partial charge in [0.15, 0.2) is 0 Å². The normalized spacial score (nSPS) is 10.3. The molecule has 2 rings (SSSR count). The van der Waals surface area contributed by atoms with Gasteiger partial charge < -0.3 is 15.0 Å². The number of nitrogens with one attached hydrogen (secondary N) is 1. The summed E-state index contributed by atoms with van der Waals surface area (Å²) in [6.07, 6.45) is 0.935. The van der Waals surface area contributed by atoms with Crippen molar-refractivity contribution in [3.05, 3.63) is 59.7 Å². The maximum atomic E-state index is 12.4. The number of rotatable bonds is 8. The number of carbonyl (C=O) groups excluding carboxylic acids is 2. The second-order valence-electron chi connectivity index (χ2n) is 5.89. The first-order valence-corrected chi connectivity index (χ1v) is 9.02. The molecule has 2 aromatic carbocycles. The van der Waals surface area contributed by atoms with Crippen LogP contribution in [0.4, 0.5) is 5.69 Å². The molecular weight excluding hydrogens is 328 g/mol. The van der Waals surface area contributed by atoms with Crippen molar-refractivity contribution < 1.29 is 14.3 Å². The predicted octanol–water partition coefficient (Wildman–Crippen LogP) is 4.21. The molecule has 0 aromatic heterocycles. The van der Waals surface area contributed by atoms with Gasteiger partial charge in [-0.3, -0.25) is 9.59 Å². The Morgan fingerprint density at radius 2 is 1.65 bits per heavy atom. The second kappa shape index (κ2) is 9.61. The van der Waals surface area contributed by atoms with Crippen molar-refractivity contribution >= 4 is 17.5 Å². The lowest BCUT2D eigenvalue weighted by Gasteiger charge is -2.19. The van der Waals surface area contributed by atoms with Crippen molar-refractivity contribution in [2.45, 2.75) is 27.2 Å². The zero-order chi connectivity index (χ0) is 18.9. The van der Waals surface area contributed by atoms with Crippen molar-refractivity contribution in [3.8, 4) is 5.75 Å². The number of nitrogens with zero attached hydrogens (tertiary/aromatic N) is 1. The second-order valence-corrected chi connectivity index (χ2v) is 5.89. The highest BCUT2D eigenvalue weighted by molar-refractivity contribution is 6.05. The molecule has 0 atom stereocenters. The van der Waals surface area contributed by atoms with Crippen LogP contribution in [0, 0.1) is 0 Å². The Labute approximate surface area is 155 Å². The van der Waals surface area contributed by atoms with Crippen LogP contribution in [0.3, 0.4) is 0 Å². The third-order valence-corrected chi connectivity index (χ3v) is 4.01. The van der Waals surface area contributed by atoms with Gasteiger partial charge in [0.25, 0.3) is 11.8 Å². The summed E-state index contributed by atoms with van der Waals surface area (Å²) in [6.45, 7) is 7.89. The van der Waals surface area contributed by atoms with E-state index in [1.807, 2.05) is 20.8 Å². The van der Waals surface area contributed by atoms with Gasteiger partial charge in [-0.25, -0.2) is 0 Å². The zero-order valence-corrected chi connectivity index (χ0v) is 15.6. The van der Waals surface area contributed by atoms with Gasteiger partial charge >= 0.3 is 0 Å². The van der Waals surface area contributed by atoms with E-state index in [0.29, 0.717) is 36.5 Å². The van der Waals surface area contributed by atoms with Crippen LogP contribution in [-0.4, -0.2) is 36.4 Å². The Bertz CT molecular complexity index is 737. The molecule has 0 unspecified atom stereocenters. The molecule has 0 saturated heterocycles. The molecule has 0 aliphatic carbocycles. The van der Waals surface area contributed by atoms with Crippen LogP contribution < -0.4 is 10.1 Å². The maximum absolute atomic E-state index is 12.4. The van der Waals surface area contributed by atoms with Crippen molar-refractivity contribution in [2.24, 2.45) is 0 Å². The van der Waals surface area contributed by atoms with E-state index in [0.717, 1.165) is 12.2 Å². The molecule has 26 heavy (non-hydrogen) atoms. The molecule has 5 heteroatoms. The van der Waals surface area contributed by atoms with Crippen molar-refractivity contribution in [3.63, 3.8) is 0 Å². The molecule has 0 saturated carbocycles. The molecule has 2 amide bonds. The van der Waals surface area contributed by atoms with Gasteiger partial charge in [0.1, 0.15) is 5.75 Å². The lowest BCUT2D eigenvalue weighted by atomic mass is 10.1. The molecule has 0 radical (unpaired) electrons. The molecule has 138 valence electrons. The van der Waals surface area contributed by atoms with Gasteiger partial charge in [-0.15, -0.1) is 0 Å². The highest BCUT2D eigenvalue weighted by Gasteiger charge is 2.13. The van der Waals surface area contributed by atoms with Crippen molar-refractivity contribution in [2.75, 3.05) is 25.0 Å². The molecule has 0 aliphatic heterocycles. The van der Waals surface area contributed by atoms with E-state index in [4.69, 9.17) is 4.74 Å². The minimum atomic E-state index is -0.223. The number of hydrogen-bond donors (Lipinski definition) is 1. The fourth-order valence-electron chi connectivity index (χ4n) is 2.55. The topological polar surface area (TPSA) is 58.6 Å². The van der Waals surface area contributed by atoms with Gasteiger partial charge in [0.2, 0.25) is 0 Å². The van der Waals surface area contributed by atoms with Crippen molar-refractivity contribution in [1.29, 1.82) is 0 Å². The number of amides is 2. The lowest BCUT2D eigenvalue weighted by molar-refractivity contribution is 0.0772. The van der Waals surface area contributed by atoms with Crippen LogP contribution in [0.2, 0.25) is 0 Å². The minimum Gasteiger partial charge on any atom is -0.494 e. The number of hydrogen-bond acceptors (Lipinski definition) is 3. The average Bonchev–Trinajstić information content (AvgIpc) is 2.67. The van der Waals surface area contributed by atoms with Gasteiger partial charge in [0, 0.05) is 29.9 Å². The summed E-state index contributed by atoms with van der Waals surface area (Å²) >= 11 is 0. The Balaban J connectivity index is 2.07. The van der Waals surface area contributed by atoms with Gasteiger partial charge in [-0.1, -0.05) is 13.0 Å². The van der Waals surface area contributed by atoms with Gasteiger partial charge in [-0.05, 0) is 62.7 Å². The molecule has 0 aliphatic rings. The first kappa shape index (κ1) is 19.5. The van der Waals surface area contributed by atoms with E-state index in [1.165, 1.54) is 0 Å². The summed E-state index contributed by atoms with van der Waals surface area (Å²) in [5.41, 5.74) is 1.70. The molecule has 0 fully saturated rings. The number of carbonyl (C=O) groups is 2. The first-order chi connectivity index (χ1) is 12.6. The zero-order valence-electron chi connectivity index (χ0n) is 15.6. The summed E-state index contributed by atoms with van der Waals surface area (Å²) in [7, 11) is 0. The van der Waals surface area contributed by atoms with Crippen LogP contribution in [0.1, 0.15) is 47.9 Å². The fraction of sp³-hybridized carbons (Fsp3) is 0.333. The molecule has 1 N–H and O–H groups in total. The van der Waals surface area contributed by atoms with E-state index in [1.54, 1.807) is 53.4 Å². The molecular formula is C21H26N2O3. The molecule has 0 heterocycles. The Hall–Kier alpha value is -2.82.